The van der Waals surface area contributed by atoms with Crippen molar-refractivity contribution in [2.24, 2.45) is 0 Å². The molecule has 0 saturated heterocycles. The lowest BCUT2D eigenvalue weighted by molar-refractivity contribution is 1.24. The summed E-state index contributed by atoms with van der Waals surface area (Å²) in [6.45, 7) is 0. The average Bonchev–Trinajstić information content (AvgIpc) is 1.76. The first kappa shape index (κ1) is 3.01. The SMILES string of the molecule is [B]1C=CCC1. The molecule has 0 N–H and O–H groups in total. The third-order valence-corrected chi connectivity index (χ3v) is 0.772. The Balaban J connectivity index is 2.32. The Morgan fingerprint density at radius 2 is 2.60 bits per heavy atom. The molecule has 1 aliphatic rings. The van der Waals surface area contributed by atoms with Gasteiger partial charge in [-0.2, -0.15) is 0 Å². The summed E-state index contributed by atoms with van der Waals surface area (Å²) < 4.78 is 0. The second-order valence-corrected chi connectivity index (χ2v) is 1.24. The van der Waals surface area contributed by atoms with E-state index >= 15 is 0 Å². The van der Waals surface area contributed by atoms with Crippen molar-refractivity contribution in [1.29, 1.82) is 0 Å². The van der Waals surface area contributed by atoms with Crippen LogP contribution in [0.2, 0.25) is 6.32 Å². The standard InChI is InChI=1S/C4H6B/c1-2-4-5-3-1/h1,3H,2,4H2. The van der Waals surface area contributed by atoms with Crippen LogP contribution in [0.3, 0.4) is 0 Å². The molecule has 0 aromatic heterocycles. The van der Waals surface area contributed by atoms with Gasteiger partial charge in [-0.1, -0.05) is 12.4 Å². The molecule has 1 radical (unpaired) electrons. The fraction of sp³-hybridized carbons (Fsp3) is 0.500. The lowest BCUT2D eigenvalue weighted by atomic mass is 9.79. The molecule has 1 aliphatic heterocycles. The minimum absolute atomic E-state index is 1.26. The molecule has 0 spiro atoms. The van der Waals surface area contributed by atoms with Crippen LogP contribution in [0.5, 0.6) is 0 Å². The van der Waals surface area contributed by atoms with Crippen LogP contribution >= 0.6 is 0 Å². The molecule has 1 heterocycles. The zero-order valence-corrected chi connectivity index (χ0v) is 3.15. The van der Waals surface area contributed by atoms with Crippen LogP contribution in [-0.2, 0) is 0 Å². The van der Waals surface area contributed by atoms with Gasteiger partial charge in [0, 0.05) is 0 Å². The summed E-state index contributed by atoms with van der Waals surface area (Å²) in [4.78, 5) is 0. The molecule has 1 rings (SSSR count). The molecule has 5 heavy (non-hydrogen) atoms. The van der Waals surface area contributed by atoms with E-state index in [-0.39, 0.29) is 0 Å². The smallest absolute Gasteiger partial charge is 0.127 e. The minimum atomic E-state index is 1.26. The van der Waals surface area contributed by atoms with E-state index < -0.39 is 0 Å². The average molecular weight is 64.9 g/mol. The zero-order chi connectivity index (χ0) is 3.54. The topological polar surface area (TPSA) is 0 Å². The molecule has 0 aliphatic carbocycles. The Hall–Kier alpha value is -0.195. The highest BCUT2D eigenvalue weighted by Crippen LogP contribution is 1.97. The Morgan fingerprint density at radius 3 is 2.80 bits per heavy atom. The van der Waals surface area contributed by atoms with E-state index in [2.05, 4.69) is 19.3 Å². The van der Waals surface area contributed by atoms with E-state index in [0.29, 0.717) is 0 Å². The lowest BCUT2D eigenvalue weighted by Gasteiger charge is -1.66. The number of hydrogen-bond donors (Lipinski definition) is 0. The van der Waals surface area contributed by atoms with Crippen molar-refractivity contribution >= 4 is 7.28 Å². The van der Waals surface area contributed by atoms with Gasteiger partial charge >= 0.3 is 0 Å². The maximum Gasteiger partial charge on any atom is 0.141 e. The molecule has 0 nitrogen and oxygen atoms in total. The molecule has 1 heteroatoms. The number of hydrogen-bond acceptors (Lipinski definition) is 0. The third kappa shape index (κ3) is 0.537. The molecule has 25 valence electrons. The molecule has 0 unspecified atom stereocenters. The van der Waals surface area contributed by atoms with Gasteiger partial charge in [0.15, 0.2) is 0 Å². The predicted molar refractivity (Wildman–Crippen MR) is 24.3 cm³/mol. The fourth-order valence-electron chi connectivity index (χ4n) is 0.481. The zero-order valence-electron chi connectivity index (χ0n) is 3.15. The first-order valence-electron chi connectivity index (χ1n) is 1.98. The first-order valence-corrected chi connectivity index (χ1v) is 1.98. The highest BCUT2D eigenvalue weighted by Gasteiger charge is 1.87. The molecule has 0 amide bonds. The van der Waals surface area contributed by atoms with Gasteiger partial charge in [0.05, 0.1) is 0 Å². The molecule has 0 aromatic rings. The van der Waals surface area contributed by atoms with Gasteiger partial charge in [-0.15, -0.1) is 5.98 Å². The van der Waals surface area contributed by atoms with Crippen molar-refractivity contribution in [3.8, 4) is 0 Å². The number of allylic oxidation sites excluding steroid dienone is 1. The predicted octanol–water partition coefficient (Wildman–Crippen LogP) is 1.03. The van der Waals surface area contributed by atoms with Crippen LogP contribution in [0.4, 0.5) is 0 Å². The molecular formula is C4H6B. The van der Waals surface area contributed by atoms with E-state index in [1.807, 2.05) is 0 Å². The molecule has 0 atom stereocenters. The summed E-state index contributed by atoms with van der Waals surface area (Å²) in [5.74, 6) is 2.11. The second-order valence-electron chi connectivity index (χ2n) is 1.24. The maximum atomic E-state index is 2.18. The van der Waals surface area contributed by atoms with Gasteiger partial charge in [-0.3, -0.25) is 0 Å². The van der Waals surface area contributed by atoms with E-state index in [1.165, 1.54) is 12.7 Å². The van der Waals surface area contributed by atoms with Gasteiger partial charge in [0.25, 0.3) is 0 Å². The summed E-state index contributed by atoms with van der Waals surface area (Å²) in [7, 11) is 2.18. The molecular weight excluding hydrogens is 58.9 g/mol. The van der Waals surface area contributed by atoms with Gasteiger partial charge in [0.2, 0.25) is 0 Å². The molecule has 0 bridgehead atoms. The van der Waals surface area contributed by atoms with Crippen LogP contribution in [0.1, 0.15) is 6.42 Å². The maximum absolute atomic E-state index is 2.18. The van der Waals surface area contributed by atoms with Crippen molar-refractivity contribution in [3.05, 3.63) is 12.1 Å². The summed E-state index contributed by atoms with van der Waals surface area (Å²) in [5, 5.41) is 0. The summed E-state index contributed by atoms with van der Waals surface area (Å²) in [5.41, 5.74) is 0. The molecule has 0 fully saturated rings. The van der Waals surface area contributed by atoms with Crippen LogP contribution in [0.15, 0.2) is 12.1 Å². The highest BCUT2D eigenvalue weighted by atomic mass is 13.7. The monoisotopic (exact) mass is 65.1 g/mol. The first-order chi connectivity index (χ1) is 2.50. The second kappa shape index (κ2) is 1.30. The van der Waals surface area contributed by atoms with E-state index in [4.69, 9.17) is 0 Å². The summed E-state index contributed by atoms with van der Waals surface area (Å²) in [6.07, 6.45) is 4.71. The Bertz CT molecular complexity index is 41.6. The highest BCUT2D eigenvalue weighted by molar-refractivity contribution is 6.43. The third-order valence-electron chi connectivity index (χ3n) is 0.772. The Kier molecular flexibility index (Phi) is 0.781. The van der Waals surface area contributed by atoms with Crippen LogP contribution < -0.4 is 0 Å². The Morgan fingerprint density at radius 1 is 1.60 bits per heavy atom. The van der Waals surface area contributed by atoms with Crippen molar-refractivity contribution in [2.75, 3.05) is 0 Å². The van der Waals surface area contributed by atoms with Gasteiger partial charge in [0.1, 0.15) is 7.28 Å². The van der Waals surface area contributed by atoms with Crippen molar-refractivity contribution in [1.82, 2.24) is 0 Å². The number of rotatable bonds is 0. The normalized spacial score (nSPS) is 19.2. The largest absolute Gasteiger partial charge is 0.141 e. The quantitative estimate of drug-likeness (QED) is 0.369. The molecule has 0 aromatic carbocycles. The summed E-state index contributed by atoms with van der Waals surface area (Å²) in [6, 6.07) is 0. The Labute approximate surface area is 33.1 Å². The van der Waals surface area contributed by atoms with Crippen molar-refractivity contribution < 1.29 is 0 Å². The van der Waals surface area contributed by atoms with Gasteiger partial charge in [-0.05, 0) is 6.42 Å². The lowest BCUT2D eigenvalue weighted by Crippen LogP contribution is -1.67. The minimum Gasteiger partial charge on any atom is -0.127 e. The van der Waals surface area contributed by atoms with Crippen LogP contribution in [0.25, 0.3) is 0 Å². The van der Waals surface area contributed by atoms with Gasteiger partial charge < -0.3 is 0 Å². The van der Waals surface area contributed by atoms with Crippen LogP contribution in [-0.4, -0.2) is 7.28 Å². The fourth-order valence-corrected chi connectivity index (χ4v) is 0.481. The summed E-state index contributed by atoms with van der Waals surface area (Å²) >= 11 is 0. The molecule has 0 saturated carbocycles. The van der Waals surface area contributed by atoms with E-state index in [1.54, 1.807) is 0 Å². The van der Waals surface area contributed by atoms with Crippen molar-refractivity contribution in [2.45, 2.75) is 12.7 Å². The van der Waals surface area contributed by atoms with E-state index in [0.717, 1.165) is 0 Å². The van der Waals surface area contributed by atoms with Crippen LogP contribution in [0, 0.1) is 0 Å². The van der Waals surface area contributed by atoms with Crippen molar-refractivity contribution in [3.63, 3.8) is 0 Å². The van der Waals surface area contributed by atoms with E-state index in [9.17, 15) is 0 Å². The van der Waals surface area contributed by atoms with Gasteiger partial charge in [-0.25, -0.2) is 0 Å².